The first-order chi connectivity index (χ1) is 10.5. The molecule has 1 amide bonds. The second kappa shape index (κ2) is 5.77. The maximum atomic E-state index is 11.0. The SMILES string of the molecule is CC(=O)Nc1ccc(-c2nc3ccc(N(C)C)cc3s2)cc1. The van der Waals surface area contributed by atoms with Crippen LogP contribution in [0, 0.1) is 0 Å². The van der Waals surface area contributed by atoms with Gasteiger partial charge < -0.3 is 10.2 Å². The van der Waals surface area contributed by atoms with E-state index in [1.165, 1.54) is 17.3 Å². The van der Waals surface area contributed by atoms with Crippen molar-refractivity contribution in [2.75, 3.05) is 24.3 Å². The average molecular weight is 311 g/mol. The molecule has 0 aliphatic carbocycles. The lowest BCUT2D eigenvalue weighted by Gasteiger charge is -2.11. The predicted octanol–water partition coefficient (Wildman–Crippen LogP) is 3.99. The van der Waals surface area contributed by atoms with Gasteiger partial charge in [-0.15, -0.1) is 11.3 Å². The molecule has 112 valence electrons. The highest BCUT2D eigenvalue weighted by Crippen LogP contribution is 2.32. The summed E-state index contributed by atoms with van der Waals surface area (Å²) in [7, 11) is 4.06. The molecule has 3 aromatic rings. The Morgan fingerprint density at radius 2 is 1.86 bits per heavy atom. The molecule has 1 N–H and O–H groups in total. The van der Waals surface area contributed by atoms with Crippen molar-refractivity contribution < 1.29 is 4.79 Å². The van der Waals surface area contributed by atoms with Gasteiger partial charge in [-0.3, -0.25) is 4.79 Å². The van der Waals surface area contributed by atoms with Gasteiger partial charge in [0, 0.05) is 38.0 Å². The number of benzene rings is 2. The van der Waals surface area contributed by atoms with Crippen molar-refractivity contribution in [3.63, 3.8) is 0 Å². The smallest absolute Gasteiger partial charge is 0.221 e. The molecule has 0 unspecified atom stereocenters. The number of carbonyl (C=O) groups is 1. The van der Waals surface area contributed by atoms with Gasteiger partial charge in [-0.05, 0) is 42.5 Å². The van der Waals surface area contributed by atoms with Crippen LogP contribution in [-0.4, -0.2) is 25.0 Å². The standard InChI is InChI=1S/C17H17N3OS/c1-11(21)18-13-6-4-12(5-7-13)17-19-15-9-8-14(20(2)3)10-16(15)22-17/h4-10H,1-3H3,(H,18,21). The van der Waals surface area contributed by atoms with Gasteiger partial charge in [0.05, 0.1) is 10.2 Å². The Morgan fingerprint density at radius 1 is 1.14 bits per heavy atom. The van der Waals surface area contributed by atoms with Gasteiger partial charge in [0.2, 0.25) is 5.91 Å². The summed E-state index contributed by atoms with van der Waals surface area (Å²) in [4.78, 5) is 17.8. The van der Waals surface area contributed by atoms with Crippen LogP contribution < -0.4 is 10.2 Å². The van der Waals surface area contributed by atoms with E-state index in [2.05, 4.69) is 33.4 Å². The maximum absolute atomic E-state index is 11.0. The van der Waals surface area contributed by atoms with Crippen LogP contribution in [-0.2, 0) is 4.79 Å². The summed E-state index contributed by atoms with van der Waals surface area (Å²) in [5.41, 5.74) is 4.04. The third kappa shape index (κ3) is 2.94. The molecule has 0 bridgehead atoms. The number of nitrogens with one attached hydrogen (secondary N) is 1. The topological polar surface area (TPSA) is 45.2 Å². The summed E-state index contributed by atoms with van der Waals surface area (Å²) in [6.07, 6.45) is 0. The third-order valence-electron chi connectivity index (χ3n) is 3.34. The molecule has 0 atom stereocenters. The van der Waals surface area contributed by atoms with E-state index in [4.69, 9.17) is 0 Å². The number of nitrogens with zero attached hydrogens (tertiary/aromatic N) is 2. The van der Waals surface area contributed by atoms with Gasteiger partial charge >= 0.3 is 0 Å². The van der Waals surface area contributed by atoms with Crippen LogP contribution in [0.4, 0.5) is 11.4 Å². The molecule has 0 spiro atoms. The molecule has 4 nitrogen and oxygen atoms in total. The van der Waals surface area contributed by atoms with Crippen LogP contribution in [0.5, 0.6) is 0 Å². The molecule has 3 rings (SSSR count). The number of fused-ring (bicyclic) bond motifs is 1. The van der Waals surface area contributed by atoms with Gasteiger partial charge in [-0.2, -0.15) is 0 Å². The molecule has 5 heteroatoms. The Bertz CT molecular complexity index is 822. The zero-order valence-electron chi connectivity index (χ0n) is 12.8. The lowest BCUT2D eigenvalue weighted by molar-refractivity contribution is -0.114. The quantitative estimate of drug-likeness (QED) is 0.795. The molecule has 0 saturated heterocycles. The predicted molar refractivity (Wildman–Crippen MR) is 93.7 cm³/mol. The monoisotopic (exact) mass is 311 g/mol. The molecule has 1 aromatic heterocycles. The van der Waals surface area contributed by atoms with Crippen LogP contribution in [0.15, 0.2) is 42.5 Å². The van der Waals surface area contributed by atoms with E-state index >= 15 is 0 Å². The molecule has 0 aliphatic rings. The van der Waals surface area contributed by atoms with Crippen LogP contribution in [0.3, 0.4) is 0 Å². The van der Waals surface area contributed by atoms with Crippen molar-refractivity contribution in [2.24, 2.45) is 0 Å². The van der Waals surface area contributed by atoms with E-state index in [1.807, 2.05) is 38.4 Å². The van der Waals surface area contributed by atoms with Crippen molar-refractivity contribution in [1.82, 2.24) is 4.98 Å². The summed E-state index contributed by atoms with van der Waals surface area (Å²) < 4.78 is 1.17. The molecule has 0 fully saturated rings. The van der Waals surface area contributed by atoms with E-state index < -0.39 is 0 Å². The lowest BCUT2D eigenvalue weighted by atomic mass is 10.2. The van der Waals surface area contributed by atoms with E-state index in [0.717, 1.165) is 21.8 Å². The molecule has 0 saturated carbocycles. The van der Waals surface area contributed by atoms with Crippen LogP contribution >= 0.6 is 11.3 Å². The molecule has 2 aromatic carbocycles. The number of hydrogen-bond donors (Lipinski definition) is 1. The van der Waals surface area contributed by atoms with Crippen LogP contribution in [0.2, 0.25) is 0 Å². The molecular weight excluding hydrogens is 294 g/mol. The first-order valence-corrected chi connectivity index (χ1v) is 7.80. The maximum Gasteiger partial charge on any atom is 0.221 e. The molecule has 1 heterocycles. The van der Waals surface area contributed by atoms with Crippen LogP contribution in [0.1, 0.15) is 6.92 Å². The molecule has 22 heavy (non-hydrogen) atoms. The number of aromatic nitrogens is 1. The Morgan fingerprint density at radius 3 is 2.50 bits per heavy atom. The van der Waals surface area contributed by atoms with Crippen molar-refractivity contribution in [2.45, 2.75) is 6.92 Å². The Hall–Kier alpha value is -2.40. The van der Waals surface area contributed by atoms with Gasteiger partial charge in [0.1, 0.15) is 5.01 Å². The van der Waals surface area contributed by atoms with Crippen molar-refractivity contribution in [3.05, 3.63) is 42.5 Å². The van der Waals surface area contributed by atoms with Crippen LogP contribution in [0.25, 0.3) is 20.8 Å². The van der Waals surface area contributed by atoms with Gasteiger partial charge in [-0.1, -0.05) is 0 Å². The molecular formula is C17H17N3OS. The minimum absolute atomic E-state index is 0.0658. The third-order valence-corrected chi connectivity index (χ3v) is 4.41. The van der Waals surface area contributed by atoms with Crippen molar-refractivity contribution in [1.29, 1.82) is 0 Å². The first kappa shape index (κ1) is 14.5. The van der Waals surface area contributed by atoms with Crippen molar-refractivity contribution in [3.8, 4) is 10.6 Å². The largest absolute Gasteiger partial charge is 0.378 e. The normalized spacial score (nSPS) is 10.7. The Kier molecular flexibility index (Phi) is 3.81. The minimum Gasteiger partial charge on any atom is -0.378 e. The summed E-state index contributed by atoms with van der Waals surface area (Å²) in [6, 6.07) is 14.0. The number of rotatable bonds is 3. The number of amides is 1. The summed E-state index contributed by atoms with van der Waals surface area (Å²) >= 11 is 1.68. The highest BCUT2D eigenvalue weighted by Gasteiger charge is 2.08. The first-order valence-electron chi connectivity index (χ1n) is 6.99. The highest BCUT2D eigenvalue weighted by atomic mass is 32.1. The van der Waals surface area contributed by atoms with E-state index in [1.54, 1.807) is 11.3 Å². The van der Waals surface area contributed by atoms with E-state index in [9.17, 15) is 4.79 Å². The summed E-state index contributed by atoms with van der Waals surface area (Å²) in [5.74, 6) is -0.0658. The number of thiazole rings is 1. The van der Waals surface area contributed by atoms with Gasteiger partial charge in [-0.25, -0.2) is 4.98 Å². The fourth-order valence-electron chi connectivity index (χ4n) is 2.21. The number of hydrogen-bond acceptors (Lipinski definition) is 4. The highest BCUT2D eigenvalue weighted by molar-refractivity contribution is 7.21. The number of anilines is 2. The zero-order valence-corrected chi connectivity index (χ0v) is 13.6. The zero-order chi connectivity index (χ0) is 15.7. The fraction of sp³-hybridized carbons (Fsp3) is 0.176. The Labute approximate surface area is 133 Å². The summed E-state index contributed by atoms with van der Waals surface area (Å²) in [6.45, 7) is 1.50. The van der Waals surface area contributed by atoms with Gasteiger partial charge in [0.15, 0.2) is 0 Å². The molecule has 0 aliphatic heterocycles. The average Bonchev–Trinajstić information content (AvgIpc) is 2.90. The Balaban J connectivity index is 1.94. The van der Waals surface area contributed by atoms with Crippen molar-refractivity contribution >= 4 is 38.8 Å². The minimum atomic E-state index is -0.0658. The van der Waals surface area contributed by atoms with E-state index in [-0.39, 0.29) is 5.91 Å². The molecule has 0 radical (unpaired) electrons. The second-order valence-corrected chi connectivity index (χ2v) is 6.35. The lowest BCUT2D eigenvalue weighted by Crippen LogP contribution is -2.07. The summed E-state index contributed by atoms with van der Waals surface area (Å²) in [5, 5.41) is 3.75. The second-order valence-electron chi connectivity index (χ2n) is 5.32. The fourth-order valence-corrected chi connectivity index (χ4v) is 3.22. The number of carbonyl (C=O) groups excluding carboxylic acids is 1. The van der Waals surface area contributed by atoms with E-state index in [0.29, 0.717) is 0 Å². The van der Waals surface area contributed by atoms with Gasteiger partial charge in [0.25, 0.3) is 0 Å².